The zero-order chi connectivity index (χ0) is 27.8. The van der Waals surface area contributed by atoms with Crippen molar-refractivity contribution >= 4 is 45.0 Å². The number of anilines is 2. The number of amidine groups is 2. The molecule has 3 aromatic carbocycles. The molecule has 0 unspecified atom stereocenters. The number of carbonyl (C=O) groups is 2. The largest absolute Gasteiger partial charge is 0.368 e. The number of carbonyl (C=O) groups excluding carboxylic acids is 2. The molecule has 12 heteroatoms. The minimum atomic E-state index is -3.67. The Morgan fingerprint density at radius 3 is 1.46 bits per heavy atom. The molecule has 2 amide bonds. The van der Waals surface area contributed by atoms with Crippen molar-refractivity contribution in [1.82, 2.24) is 10.6 Å². The van der Waals surface area contributed by atoms with E-state index in [0.29, 0.717) is 28.8 Å². The number of benzene rings is 3. The highest BCUT2D eigenvalue weighted by molar-refractivity contribution is 7.85. The normalized spacial score (nSPS) is 14.1. The van der Waals surface area contributed by atoms with Crippen LogP contribution in [-0.2, 0) is 10.1 Å². The molecule has 0 aliphatic carbocycles. The Bertz CT molecular complexity index is 1410. The van der Waals surface area contributed by atoms with Crippen molar-refractivity contribution in [2.45, 2.75) is 0 Å². The van der Waals surface area contributed by atoms with E-state index in [-0.39, 0.29) is 11.8 Å². The fourth-order valence-electron chi connectivity index (χ4n) is 3.81. The second-order valence-electron chi connectivity index (χ2n) is 8.69. The summed E-state index contributed by atoms with van der Waals surface area (Å²) in [6, 6.07) is 21.6. The molecular formula is C27H28N6O5S. The number of nitrogens with one attached hydrogen (secondary N) is 4. The summed E-state index contributed by atoms with van der Waals surface area (Å²) < 4.78 is 25.9. The number of amides is 2. The molecule has 0 atom stereocenters. The number of hydrogen-bond donors (Lipinski definition) is 5. The highest BCUT2D eigenvalue weighted by Crippen LogP contribution is 2.16. The van der Waals surface area contributed by atoms with E-state index >= 15 is 0 Å². The van der Waals surface area contributed by atoms with Crippen molar-refractivity contribution < 1.29 is 22.6 Å². The molecule has 0 saturated carbocycles. The smallest absolute Gasteiger partial charge is 0.261 e. The van der Waals surface area contributed by atoms with Gasteiger partial charge in [0.1, 0.15) is 11.7 Å². The van der Waals surface area contributed by atoms with Crippen molar-refractivity contribution in [1.29, 1.82) is 0 Å². The molecule has 2 aliphatic heterocycles. The average molecular weight is 549 g/mol. The molecule has 0 saturated heterocycles. The lowest BCUT2D eigenvalue weighted by Crippen LogP contribution is -2.19. The van der Waals surface area contributed by atoms with E-state index in [1.165, 1.54) is 0 Å². The Morgan fingerprint density at radius 1 is 0.744 bits per heavy atom. The van der Waals surface area contributed by atoms with Gasteiger partial charge >= 0.3 is 0 Å². The van der Waals surface area contributed by atoms with E-state index in [2.05, 4.69) is 31.3 Å². The molecule has 11 nitrogen and oxygen atoms in total. The Balaban J connectivity index is 0.000000648. The van der Waals surface area contributed by atoms with Crippen LogP contribution in [0.4, 0.5) is 11.4 Å². The summed E-state index contributed by atoms with van der Waals surface area (Å²) >= 11 is 0. The molecular weight excluding hydrogens is 520 g/mol. The van der Waals surface area contributed by atoms with Crippen LogP contribution >= 0.6 is 0 Å². The number of aliphatic imine (C=N–C) groups is 2. The van der Waals surface area contributed by atoms with Crippen LogP contribution in [0.25, 0.3) is 0 Å². The quantitative estimate of drug-likeness (QED) is 0.296. The summed E-state index contributed by atoms with van der Waals surface area (Å²) in [7, 11) is -3.67. The Hall–Kier alpha value is -4.55. The summed E-state index contributed by atoms with van der Waals surface area (Å²) in [6.07, 6.45) is 0.715. The summed E-state index contributed by atoms with van der Waals surface area (Å²) in [5.74, 6) is 1.17. The van der Waals surface area contributed by atoms with Crippen LogP contribution in [0.3, 0.4) is 0 Å². The van der Waals surface area contributed by atoms with Crippen molar-refractivity contribution in [3.8, 4) is 0 Å². The summed E-state index contributed by atoms with van der Waals surface area (Å²) in [4.78, 5) is 34.3. The van der Waals surface area contributed by atoms with Gasteiger partial charge in [-0.1, -0.05) is 6.07 Å². The maximum absolute atomic E-state index is 12.8. The second-order valence-corrected chi connectivity index (χ2v) is 10.2. The van der Waals surface area contributed by atoms with Gasteiger partial charge in [0.25, 0.3) is 21.9 Å². The van der Waals surface area contributed by atoms with Crippen LogP contribution in [0.5, 0.6) is 0 Å². The first kappa shape index (κ1) is 27.5. The maximum Gasteiger partial charge on any atom is 0.261 e. The highest BCUT2D eigenvalue weighted by atomic mass is 32.2. The third-order valence-corrected chi connectivity index (χ3v) is 5.57. The number of hydrogen-bond acceptors (Lipinski definition) is 8. The molecule has 39 heavy (non-hydrogen) atoms. The fourth-order valence-corrected chi connectivity index (χ4v) is 3.81. The van der Waals surface area contributed by atoms with E-state index in [1.54, 1.807) is 24.3 Å². The van der Waals surface area contributed by atoms with E-state index in [1.807, 2.05) is 48.5 Å². The molecule has 202 valence electrons. The molecule has 0 fully saturated rings. The Morgan fingerprint density at radius 2 is 1.13 bits per heavy atom. The standard InChI is InChI=1S/C26H24N6O2.CH4O3S/c33-25(31-21-8-4-17(5-9-21)23-27-12-13-28-23)19-2-1-3-20(16-19)26(34)32-22-10-6-18(7-11-22)24-29-14-15-30-24;1-5(2,3)4/h1-11,16H,12-15H2,(H,27,28)(H,29,30)(H,31,33)(H,32,34);1H3,(H,2,3,4). The van der Waals surface area contributed by atoms with Gasteiger partial charge < -0.3 is 21.3 Å². The second kappa shape index (κ2) is 12.3. The fraction of sp³-hybridized carbons (Fsp3) is 0.185. The van der Waals surface area contributed by atoms with Gasteiger partial charge in [-0.15, -0.1) is 0 Å². The van der Waals surface area contributed by atoms with Gasteiger partial charge in [0, 0.05) is 46.7 Å². The number of nitrogens with zero attached hydrogens (tertiary/aromatic N) is 2. The number of rotatable bonds is 6. The van der Waals surface area contributed by atoms with Crippen molar-refractivity contribution in [3.05, 3.63) is 95.1 Å². The third-order valence-electron chi connectivity index (χ3n) is 5.57. The molecule has 2 aliphatic rings. The van der Waals surface area contributed by atoms with Gasteiger partial charge in [-0.05, 0) is 66.7 Å². The van der Waals surface area contributed by atoms with Gasteiger partial charge in [0.2, 0.25) is 0 Å². The molecule has 5 rings (SSSR count). The first-order valence-electron chi connectivity index (χ1n) is 12.1. The first-order valence-corrected chi connectivity index (χ1v) is 13.9. The monoisotopic (exact) mass is 548 g/mol. The van der Waals surface area contributed by atoms with Crippen LogP contribution < -0.4 is 21.3 Å². The van der Waals surface area contributed by atoms with Crippen molar-refractivity contribution in [2.24, 2.45) is 9.98 Å². The van der Waals surface area contributed by atoms with E-state index in [9.17, 15) is 18.0 Å². The maximum atomic E-state index is 12.8. The average Bonchev–Trinajstić information content (AvgIpc) is 3.64. The van der Waals surface area contributed by atoms with Gasteiger partial charge in [-0.3, -0.25) is 24.1 Å². The van der Waals surface area contributed by atoms with Crippen LogP contribution in [0, 0.1) is 0 Å². The van der Waals surface area contributed by atoms with Gasteiger partial charge in [-0.2, -0.15) is 8.42 Å². The summed E-state index contributed by atoms with van der Waals surface area (Å²) in [6.45, 7) is 3.24. The Kier molecular flexibility index (Phi) is 8.69. The molecule has 0 radical (unpaired) electrons. The molecule has 2 heterocycles. The van der Waals surface area contributed by atoms with E-state index < -0.39 is 10.1 Å². The molecule has 0 aromatic heterocycles. The Labute approximate surface area is 226 Å². The predicted octanol–water partition coefficient (Wildman–Crippen LogP) is 2.39. The van der Waals surface area contributed by atoms with E-state index in [0.717, 1.165) is 49.0 Å². The topological polar surface area (TPSA) is 161 Å². The minimum absolute atomic E-state index is 0.284. The first-order chi connectivity index (χ1) is 18.7. The summed E-state index contributed by atoms with van der Waals surface area (Å²) in [5.41, 5.74) is 4.11. The zero-order valence-corrected chi connectivity index (χ0v) is 22.0. The van der Waals surface area contributed by atoms with Crippen LogP contribution in [0.1, 0.15) is 31.8 Å². The van der Waals surface area contributed by atoms with Gasteiger partial charge in [-0.25, -0.2) is 0 Å². The van der Waals surface area contributed by atoms with Crippen molar-refractivity contribution in [2.75, 3.05) is 43.1 Å². The molecule has 5 N–H and O–H groups in total. The van der Waals surface area contributed by atoms with Crippen LogP contribution in [-0.4, -0.2) is 68.9 Å². The lowest BCUT2D eigenvalue weighted by molar-refractivity contribution is 0.102. The van der Waals surface area contributed by atoms with Gasteiger partial charge in [0.05, 0.1) is 19.3 Å². The lowest BCUT2D eigenvalue weighted by Gasteiger charge is -2.09. The zero-order valence-electron chi connectivity index (χ0n) is 21.1. The lowest BCUT2D eigenvalue weighted by atomic mass is 10.1. The van der Waals surface area contributed by atoms with Crippen LogP contribution in [0.15, 0.2) is 82.8 Å². The SMILES string of the molecule is CS(=O)(=O)O.O=C(Nc1ccc(C2=NCCN2)cc1)c1cccc(C(=O)Nc2ccc(C3=NCCN3)cc2)c1. The third kappa shape index (κ3) is 8.22. The molecule has 0 bridgehead atoms. The molecule has 0 spiro atoms. The van der Waals surface area contributed by atoms with Gasteiger partial charge in [0.15, 0.2) is 0 Å². The molecule has 3 aromatic rings. The van der Waals surface area contributed by atoms with Crippen LogP contribution in [0.2, 0.25) is 0 Å². The van der Waals surface area contributed by atoms with E-state index in [4.69, 9.17) is 4.55 Å². The minimum Gasteiger partial charge on any atom is -0.368 e. The van der Waals surface area contributed by atoms with Crippen molar-refractivity contribution in [3.63, 3.8) is 0 Å². The predicted molar refractivity (Wildman–Crippen MR) is 152 cm³/mol. The summed E-state index contributed by atoms with van der Waals surface area (Å²) in [5, 5.41) is 12.2. The highest BCUT2D eigenvalue weighted by Gasteiger charge is 2.13.